The van der Waals surface area contributed by atoms with E-state index in [-0.39, 0.29) is 12.4 Å². The molecule has 5 heteroatoms. The second kappa shape index (κ2) is 4.91. The summed E-state index contributed by atoms with van der Waals surface area (Å²) in [6, 6.07) is 7.34. The number of ether oxygens (including phenoxy) is 1. The number of rotatable bonds is 3. The minimum absolute atomic E-state index is 0.101. The van der Waals surface area contributed by atoms with E-state index >= 15 is 0 Å². The van der Waals surface area contributed by atoms with Crippen molar-refractivity contribution in [2.24, 2.45) is 7.05 Å². The van der Waals surface area contributed by atoms with Gasteiger partial charge in [-0.25, -0.2) is 9.18 Å². The van der Waals surface area contributed by atoms with Gasteiger partial charge in [0, 0.05) is 13.2 Å². The number of hydrogen-bond acceptors (Lipinski definition) is 3. The highest BCUT2D eigenvalue weighted by molar-refractivity contribution is 5.89. The number of anilines is 1. The predicted octanol–water partition coefficient (Wildman–Crippen LogP) is 2.10. The van der Waals surface area contributed by atoms with E-state index in [2.05, 4.69) is 0 Å². The average Bonchev–Trinajstić information content (AvgIpc) is 2.67. The molecule has 0 aliphatic rings. The van der Waals surface area contributed by atoms with Gasteiger partial charge in [0.25, 0.3) is 0 Å². The Morgan fingerprint density at radius 1 is 1.39 bits per heavy atom. The molecule has 0 bridgehead atoms. The maximum atomic E-state index is 12.7. The number of aryl methyl sites for hydroxylation is 1. The molecule has 0 atom stereocenters. The van der Waals surface area contributed by atoms with Gasteiger partial charge in [0.1, 0.15) is 18.1 Å². The third-order valence-electron chi connectivity index (χ3n) is 2.52. The van der Waals surface area contributed by atoms with E-state index in [1.807, 2.05) is 0 Å². The quantitative estimate of drug-likeness (QED) is 0.846. The second-order valence-electron chi connectivity index (χ2n) is 3.97. The number of hydrogen-bond donors (Lipinski definition) is 1. The standard InChI is InChI=1S/C13H13FN2O2/c1-16-7-11(15)6-12(16)13(17)18-8-9-2-4-10(14)5-3-9/h2-7H,8,15H2,1H3. The summed E-state index contributed by atoms with van der Waals surface area (Å²) >= 11 is 0. The molecule has 2 N–H and O–H groups in total. The highest BCUT2D eigenvalue weighted by Gasteiger charge is 2.12. The fourth-order valence-corrected chi connectivity index (χ4v) is 1.60. The zero-order valence-corrected chi connectivity index (χ0v) is 9.89. The highest BCUT2D eigenvalue weighted by Crippen LogP contribution is 2.11. The van der Waals surface area contributed by atoms with E-state index < -0.39 is 5.97 Å². The van der Waals surface area contributed by atoms with Gasteiger partial charge in [-0.1, -0.05) is 12.1 Å². The first-order chi connectivity index (χ1) is 8.56. The van der Waals surface area contributed by atoms with Crippen LogP contribution in [0.5, 0.6) is 0 Å². The third kappa shape index (κ3) is 2.68. The molecule has 0 aliphatic carbocycles. The molecular formula is C13H13FN2O2. The molecule has 2 aromatic rings. The molecule has 94 valence electrons. The van der Waals surface area contributed by atoms with Gasteiger partial charge in [0.05, 0.1) is 5.69 Å². The number of nitrogens with two attached hydrogens (primary N) is 1. The smallest absolute Gasteiger partial charge is 0.355 e. The summed E-state index contributed by atoms with van der Waals surface area (Å²) < 4.78 is 19.4. The van der Waals surface area contributed by atoms with Crippen molar-refractivity contribution in [1.82, 2.24) is 4.57 Å². The molecule has 1 aromatic carbocycles. The third-order valence-corrected chi connectivity index (χ3v) is 2.52. The van der Waals surface area contributed by atoms with Crippen LogP contribution in [0, 0.1) is 5.82 Å². The van der Waals surface area contributed by atoms with Gasteiger partial charge in [0.2, 0.25) is 0 Å². The maximum Gasteiger partial charge on any atom is 0.355 e. The molecule has 0 saturated heterocycles. The van der Waals surface area contributed by atoms with E-state index in [0.717, 1.165) is 5.56 Å². The predicted molar refractivity (Wildman–Crippen MR) is 65.3 cm³/mol. The van der Waals surface area contributed by atoms with E-state index in [1.54, 1.807) is 36.0 Å². The molecule has 0 amide bonds. The zero-order chi connectivity index (χ0) is 13.1. The second-order valence-corrected chi connectivity index (χ2v) is 3.97. The van der Waals surface area contributed by atoms with Gasteiger partial charge < -0.3 is 15.0 Å². The first kappa shape index (κ1) is 12.2. The van der Waals surface area contributed by atoms with Crippen LogP contribution in [-0.4, -0.2) is 10.5 Å². The molecule has 2 rings (SSSR count). The highest BCUT2D eigenvalue weighted by atomic mass is 19.1. The van der Waals surface area contributed by atoms with Crippen molar-refractivity contribution >= 4 is 11.7 Å². The molecule has 0 aliphatic heterocycles. The largest absolute Gasteiger partial charge is 0.456 e. The number of carbonyl (C=O) groups is 1. The summed E-state index contributed by atoms with van der Waals surface area (Å²) in [6.07, 6.45) is 1.63. The van der Waals surface area contributed by atoms with Crippen molar-refractivity contribution in [3.8, 4) is 0 Å². The Bertz CT molecular complexity index is 561. The van der Waals surface area contributed by atoms with Crippen LogP contribution in [0.3, 0.4) is 0 Å². The number of halogens is 1. The van der Waals surface area contributed by atoms with E-state index in [1.165, 1.54) is 12.1 Å². The van der Waals surface area contributed by atoms with Gasteiger partial charge in [-0.2, -0.15) is 0 Å². The minimum Gasteiger partial charge on any atom is -0.456 e. The SMILES string of the molecule is Cn1cc(N)cc1C(=O)OCc1ccc(F)cc1. The Hall–Kier alpha value is -2.30. The summed E-state index contributed by atoms with van der Waals surface area (Å²) in [7, 11) is 1.71. The van der Waals surface area contributed by atoms with Crippen LogP contribution in [0.25, 0.3) is 0 Å². The number of aromatic nitrogens is 1. The summed E-state index contributed by atoms with van der Waals surface area (Å²) in [4.78, 5) is 11.7. The number of carbonyl (C=O) groups excluding carboxylic acids is 1. The Morgan fingerprint density at radius 3 is 2.61 bits per heavy atom. The molecule has 0 spiro atoms. The Labute approximate surface area is 104 Å². The zero-order valence-electron chi connectivity index (χ0n) is 9.89. The fourth-order valence-electron chi connectivity index (χ4n) is 1.60. The molecule has 4 nitrogen and oxygen atoms in total. The number of nitrogen functional groups attached to an aromatic ring is 1. The van der Waals surface area contributed by atoms with E-state index in [9.17, 15) is 9.18 Å². The van der Waals surface area contributed by atoms with Crippen molar-refractivity contribution in [2.75, 3.05) is 5.73 Å². The topological polar surface area (TPSA) is 57.2 Å². The number of esters is 1. The monoisotopic (exact) mass is 248 g/mol. The fraction of sp³-hybridized carbons (Fsp3) is 0.154. The Morgan fingerprint density at radius 2 is 2.06 bits per heavy atom. The van der Waals surface area contributed by atoms with Crippen LogP contribution in [0.1, 0.15) is 16.1 Å². The molecule has 1 heterocycles. The van der Waals surface area contributed by atoms with Gasteiger partial charge in [-0.05, 0) is 23.8 Å². The van der Waals surface area contributed by atoms with Crippen LogP contribution < -0.4 is 5.73 Å². The number of nitrogens with zero attached hydrogens (tertiary/aromatic N) is 1. The van der Waals surface area contributed by atoms with Crippen molar-refractivity contribution in [3.05, 3.63) is 53.6 Å². The van der Waals surface area contributed by atoms with Crippen LogP contribution in [0.15, 0.2) is 36.5 Å². The van der Waals surface area contributed by atoms with E-state index in [0.29, 0.717) is 11.4 Å². The van der Waals surface area contributed by atoms with Crippen LogP contribution in [0.4, 0.5) is 10.1 Å². The Kier molecular flexibility index (Phi) is 3.32. The molecule has 0 radical (unpaired) electrons. The van der Waals surface area contributed by atoms with Crippen molar-refractivity contribution in [1.29, 1.82) is 0 Å². The molecule has 1 aromatic heterocycles. The summed E-state index contributed by atoms with van der Waals surface area (Å²) in [5, 5.41) is 0. The van der Waals surface area contributed by atoms with E-state index in [4.69, 9.17) is 10.5 Å². The lowest BCUT2D eigenvalue weighted by molar-refractivity contribution is 0.0461. The van der Waals surface area contributed by atoms with Crippen molar-refractivity contribution in [2.45, 2.75) is 6.61 Å². The van der Waals surface area contributed by atoms with Gasteiger partial charge >= 0.3 is 5.97 Å². The summed E-state index contributed by atoms with van der Waals surface area (Å²) in [5.41, 5.74) is 7.19. The van der Waals surface area contributed by atoms with Gasteiger partial charge in [-0.15, -0.1) is 0 Å². The maximum absolute atomic E-state index is 12.7. The molecule has 0 saturated carbocycles. The Balaban J connectivity index is 2.00. The lowest BCUT2D eigenvalue weighted by atomic mass is 10.2. The molecular weight excluding hydrogens is 235 g/mol. The normalized spacial score (nSPS) is 10.3. The first-order valence-electron chi connectivity index (χ1n) is 5.39. The molecule has 0 fully saturated rings. The minimum atomic E-state index is -0.460. The first-order valence-corrected chi connectivity index (χ1v) is 5.39. The van der Waals surface area contributed by atoms with Crippen molar-refractivity contribution < 1.29 is 13.9 Å². The summed E-state index contributed by atoms with van der Waals surface area (Å²) in [5.74, 6) is -0.779. The summed E-state index contributed by atoms with van der Waals surface area (Å²) in [6.45, 7) is 0.101. The van der Waals surface area contributed by atoms with Crippen molar-refractivity contribution in [3.63, 3.8) is 0 Å². The lowest BCUT2D eigenvalue weighted by Crippen LogP contribution is -2.09. The average molecular weight is 248 g/mol. The van der Waals surface area contributed by atoms with Crippen LogP contribution >= 0.6 is 0 Å². The van der Waals surface area contributed by atoms with Gasteiger partial charge in [0.15, 0.2) is 0 Å². The van der Waals surface area contributed by atoms with Crippen LogP contribution in [0.2, 0.25) is 0 Å². The lowest BCUT2D eigenvalue weighted by Gasteiger charge is -2.05. The molecule has 0 unspecified atom stereocenters. The number of benzene rings is 1. The van der Waals surface area contributed by atoms with Gasteiger partial charge in [-0.3, -0.25) is 0 Å². The van der Waals surface area contributed by atoms with Crippen LogP contribution in [-0.2, 0) is 18.4 Å². The molecule has 18 heavy (non-hydrogen) atoms.